The van der Waals surface area contributed by atoms with Crippen molar-refractivity contribution in [2.24, 2.45) is 0 Å². The van der Waals surface area contributed by atoms with Crippen LogP contribution >= 0.6 is 15.9 Å². The number of halogens is 2. The topological polar surface area (TPSA) is 63.7 Å². The van der Waals surface area contributed by atoms with Gasteiger partial charge in [-0.3, -0.25) is 0 Å². The largest absolute Gasteiger partial charge is 0.425 e. The lowest BCUT2D eigenvalue weighted by molar-refractivity contribution is -0.137. The fraction of sp³-hybridized carbons (Fsp3) is 0.235. The summed E-state index contributed by atoms with van der Waals surface area (Å²) in [6.07, 6.45) is 0.953. The van der Waals surface area contributed by atoms with E-state index in [0.717, 1.165) is 4.47 Å². The molecule has 1 aliphatic rings. The van der Waals surface area contributed by atoms with Crippen LogP contribution in [0.15, 0.2) is 57.9 Å². The van der Waals surface area contributed by atoms with Gasteiger partial charge in [-0.15, -0.1) is 0 Å². The number of nitrogens with zero attached hydrogens (tertiary/aromatic N) is 1. The first kappa shape index (κ1) is 18.0. The van der Waals surface area contributed by atoms with Gasteiger partial charge in [0.15, 0.2) is 0 Å². The molecule has 1 atom stereocenters. The Kier molecular flexibility index (Phi) is 5.21. The molecule has 0 amide bonds. The van der Waals surface area contributed by atoms with Crippen LogP contribution in [0.4, 0.5) is 4.39 Å². The first-order valence-electron chi connectivity index (χ1n) is 7.62. The quantitative estimate of drug-likeness (QED) is 0.554. The zero-order valence-corrected chi connectivity index (χ0v) is 15.5. The first-order valence-corrected chi connectivity index (χ1v) is 9.86. The number of benzene rings is 2. The number of carbonyl (C=O) groups is 1. The minimum atomic E-state index is -3.80. The summed E-state index contributed by atoms with van der Waals surface area (Å²) in [5.74, 6) is -0.927. The van der Waals surface area contributed by atoms with Crippen molar-refractivity contribution in [3.05, 3.63) is 58.8 Å². The van der Waals surface area contributed by atoms with E-state index in [4.69, 9.17) is 4.74 Å². The number of carbonyl (C=O) groups excluding carboxylic acids is 1. The molecule has 25 heavy (non-hydrogen) atoms. The van der Waals surface area contributed by atoms with E-state index >= 15 is 0 Å². The second kappa shape index (κ2) is 7.23. The van der Waals surface area contributed by atoms with Gasteiger partial charge in [0, 0.05) is 11.0 Å². The van der Waals surface area contributed by atoms with Gasteiger partial charge in [0.1, 0.15) is 17.6 Å². The van der Waals surface area contributed by atoms with Gasteiger partial charge in [0.25, 0.3) is 0 Å². The van der Waals surface area contributed by atoms with Gasteiger partial charge < -0.3 is 4.74 Å². The molecule has 8 heteroatoms. The highest BCUT2D eigenvalue weighted by Crippen LogP contribution is 2.28. The van der Waals surface area contributed by atoms with Crippen molar-refractivity contribution < 1.29 is 22.3 Å². The van der Waals surface area contributed by atoms with Crippen LogP contribution in [-0.4, -0.2) is 31.3 Å². The number of esters is 1. The molecule has 0 bridgehead atoms. The van der Waals surface area contributed by atoms with Crippen LogP contribution in [0.5, 0.6) is 5.75 Å². The number of hydrogen-bond acceptors (Lipinski definition) is 4. The number of sulfonamides is 1. The molecule has 5 nitrogen and oxygen atoms in total. The van der Waals surface area contributed by atoms with Gasteiger partial charge >= 0.3 is 5.97 Å². The minimum absolute atomic E-state index is 0.122. The third kappa shape index (κ3) is 3.91. The first-order chi connectivity index (χ1) is 11.9. The molecule has 1 heterocycles. The molecule has 2 aromatic rings. The Balaban J connectivity index is 1.80. The maximum absolute atomic E-state index is 12.9. The molecule has 0 spiro atoms. The van der Waals surface area contributed by atoms with E-state index in [9.17, 15) is 17.6 Å². The third-order valence-electron chi connectivity index (χ3n) is 3.93. The maximum atomic E-state index is 12.9. The average molecular weight is 428 g/mol. The molecular formula is C17H15BrFNO4S. The molecule has 0 aliphatic carbocycles. The zero-order chi connectivity index (χ0) is 18.0. The van der Waals surface area contributed by atoms with E-state index in [2.05, 4.69) is 15.9 Å². The number of ether oxygens (including phenoxy) is 1. The van der Waals surface area contributed by atoms with E-state index < -0.39 is 27.9 Å². The highest BCUT2D eigenvalue weighted by molar-refractivity contribution is 9.10. The second-order valence-electron chi connectivity index (χ2n) is 5.60. The van der Waals surface area contributed by atoms with Gasteiger partial charge in [0.05, 0.1) is 4.90 Å². The molecule has 1 aliphatic heterocycles. The Morgan fingerprint density at radius 3 is 2.40 bits per heavy atom. The van der Waals surface area contributed by atoms with Crippen LogP contribution in [0.3, 0.4) is 0 Å². The summed E-state index contributed by atoms with van der Waals surface area (Å²) in [5, 5.41) is 0. The summed E-state index contributed by atoms with van der Waals surface area (Å²) in [4.78, 5) is 12.5. The molecule has 2 aromatic carbocycles. The molecule has 1 saturated heterocycles. The van der Waals surface area contributed by atoms with E-state index in [1.807, 2.05) is 0 Å². The Hall–Kier alpha value is -1.77. The normalized spacial score (nSPS) is 18.2. The molecule has 3 rings (SSSR count). The molecule has 0 radical (unpaired) electrons. The fourth-order valence-electron chi connectivity index (χ4n) is 2.69. The highest BCUT2D eigenvalue weighted by Gasteiger charge is 2.40. The lowest BCUT2D eigenvalue weighted by Crippen LogP contribution is -2.42. The summed E-state index contributed by atoms with van der Waals surface area (Å²) >= 11 is 3.26. The van der Waals surface area contributed by atoms with Gasteiger partial charge in [-0.25, -0.2) is 17.6 Å². The lowest BCUT2D eigenvalue weighted by atomic mass is 10.2. The van der Waals surface area contributed by atoms with E-state index in [1.54, 1.807) is 12.1 Å². The summed E-state index contributed by atoms with van der Waals surface area (Å²) in [6, 6.07) is 10.4. The summed E-state index contributed by atoms with van der Waals surface area (Å²) in [6.45, 7) is 0.252. The molecule has 0 saturated carbocycles. The zero-order valence-electron chi connectivity index (χ0n) is 13.1. The Bertz CT molecular complexity index is 869. The van der Waals surface area contributed by atoms with Crippen LogP contribution in [0, 0.1) is 5.82 Å². The van der Waals surface area contributed by atoms with E-state index in [-0.39, 0.29) is 17.2 Å². The number of rotatable bonds is 4. The highest BCUT2D eigenvalue weighted by atomic mass is 79.9. The SMILES string of the molecule is O=C(Oc1ccc(F)cc1)[C@H]1CCCN1S(=O)(=O)c1ccc(Br)cc1. The molecule has 0 N–H and O–H groups in total. The van der Waals surface area contributed by atoms with Gasteiger partial charge in [-0.2, -0.15) is 4.31 Å². The van der Waals surface area contributed by atoms with Gasteiger partial charge in [-0.05, 0) is 61.4 Å². The smallest absolute Gasteiger partial charge is 0.329 e. The molecule has 0 unspecified atom stereocenters. The summed E-state index contributed by atoms with van der Waals surface area (Å²) < 4.78 is 45.7. The molecule has 1 fully saturated rings. The fourth-order valence-corrected chi connectivity index (χ4v) is 4.60. The van der Waals surface area contributed by atoms with Crippen molar-refractivity contribution in [3.63, 3.8) is 0 Å². The Labute approximate surface area is 153 Å². The van der Waals surface area contributed by atoms with E-state index in [0.29, 0.717) is 12.8 Å². The molecular weight excluding hydrogens is 413 g/mol. The monoisotopic (exact) mass is 427 g/mol. The molecule has 132 valence electrons. The molecule has 0 aromatic heterocycles. The van der Waals surface area contributed by atoms with Crippen LogP contribution < -0.4 is 4.74 Å². The van der Waals surface area contributed by atoms with Crippen molar-refractivity contribution in [3.8, 4) is 5.75 Å². The van der Waals surface area contributed by atoms with Crippen molar-refractivity contribution in [1.82, 2.24) is 4.31 Å². The van der Waals surface area contributed by atoms with Gasteiger partial charge in [0.2, 0.25) is 10.0 Å². The number of hydrogen-bond donors (Lipinski definition) is 0. The van der Waals surface area contributed by atoms with Crippen LogP contribution in [0.1, 0.15) is 12.8 Å². The maximum Gasteiger partial charge on any atom is 0.329 e. The van der Waals surface area contributed by atoms with Crippen LogP contribution in [0.2, 0.25) is 0 Å². The van der Waals surface area contributed by atoms with E-state index in [1.165, 1.54) is 40.7 Å². The third-order valence-corrected chi connectivity index (χ3v) is 6.38. The van der Waals surface area contributed by atoms with Crippen molar-refractivity contribution in [2.45, 2.75) is 23.8 Å². The van der Waals surface area contributed by atoms with Gasteiger partial charge in [-0.1, -0.05) is 15.9 Å². The lowest BCUT2D eigenvalue weighted by Gasteiger charge is -2.22. The minimum Gasteiger partial charge on any atom is -0.425 e. The Morgan fingerprint density at radius 1 is 1.12 bits per heavy atom. The van der Waals surface area contributed by atoms with Crippen molar-refractivity contribution >= 4 is 31.9 Å². The predicted molar refractivity (Wildman–Crippen MR) is 93.1 cm³/mol. The average Bonchev–Trinajstić information content (AvgIpc) is 3.08. The second-order valence-corrected chi connectivity index (χ2v) is 8.41. The predicted octanol–water partition coefficient (Wildman–Crippen LogP) is 3.35. The van der Waals surface area contributed by atoms with Crippen LogP contribution in [0.25, 0.3) is 0 Å². The Morgan fingerprint density at radius 2 is 1.76 bits per heavy atom. The summed E-state index contributed by atoms with van der Waals surface area (Å²) in [7, 11) is -3.80. The van der Waals surface area contributed by atoms with Crippen LogP contribution in [-0.2, 0) is 14.8 Å². The van der Waals surface area contributed by atoms with Crippen molar-refractivity contribution in [1.29, 1.82) is 0 Å². The summed E-state index contributed by atoms with van der Waals surface area (Å²) in [5.41, 5.74) is 0. The van der Waals surface area contributed by atoms with Crippen molar-refractivity contribution in [2.75, 3.05) is 6.54 Å². The standard InChI is InChI=1S/C17H15BrFNO4S/c18-12-3-9-15(10-4-12)25(22,23)20-11-1-2-16(20)17(21)24-14-7-5-13(19)6-8-14/h3-10,16H,1-2,11H2/t16-/m1/s1.